The maximum absolute atomic E-state index is 12.7. The van der Waals surface area contributed by atoms with E-state index in [0.29, 0.717) is 25.7 Å². The Hall–Kier alpha value is -4.45. The molecular formula is C57H88O6. The molecule has 0 saturated heterocycles. The fraction of sp³-hybridized carbons (Fsp3) is 0.561. The lowest BCUT2D eigenvalue weighted by Crippen LogP contribution is -2.30. The predicted molar refractivity (Wildman–Crippen MR) is 269 cm³/mol. The predicted octanol–water partition coefficient (Wildman–Crippen LogP) is 16.3. The molecule has 0 spiro atoms. The van der Waals surface area contributed by atoms with Crippen LogP contribution in [0.1, 0.15) is 188 Å². The second-order valence-corrected chi connectivity index (χ2v) is 15.6. The minimum Gasteiger partial charge on any atom is -0.462 e. The fourth-order valence-electron chi connectivity index (χ4n) is 5.97. The molecule has 1 atom stereocenters. The van der Waals surface area contributed by atoms with E-state index in [-0.39, 0.29) is 31.6 Å². The first-order valence-electron chi connectivity index (χ1n) is 24.7. The maximum Gasteiger partial charge on any atom is 0.306 e. The average molecular weight is 869 g/mol. The van der Waals surface area contributed by atoms with Crippen molar-refractivity contribution in [2.45, 2.75) is 194 Å². The Bertz CT molecular complexity index is 1420. The lowest BCUT2D eigenvalue weighted by atomic mass is 10.1. The van der Waals surface area contributed by atoms with Crippen LogP contribution in [0.4, 0.5) is 0 Å². The molecule has 0 saturated carbocycles. The molecule has 0 amide bonds. The molecule has 63 heavy (non-hydrogen) atoms. The number of carbonyl (C=O) groups excluding carboxylic acids is 3. The Balaban J connectivity index is 4.54. The molecule has 1 unspecified atom stereocenters. The summed E-state index contributed by atoms with van der Waals surface area (Å²) in [5.41, 5.74) is 0. The van der Waals surface area contributed by atoms with Crippen molar-refractivity contribution in [2.24, 2.45) is 0 Å². The van der Waals surface area contributed by atoms with Crippen molar-refractivity contribution in [1.82, 2.24) is 0 Å². The molecule has 0 aliphatic heterocycles. The molecule has 0 aliphatic rings. The number of ether oxygens (including phenoxy) is 3. The zero-order valence-electron chi connectivity index (χ0n) is 40.0. The van der Waals surface area contributed by atoms with Gasteiger partial charge in [-0.1, -0.05) is 174 Å². The largest absolute Gasteiger partial charge is 0.462 e. The SMILES string of the molecule is CC/C=C\C/C=C\C/C=C\C/C=C\C/C=C\CCCCCC(=O)OCC(COC(=O)CCCC/C=C\C/C=C\CC)OC(=O)CCC/C=C\C/C=C\C/C=C\C/C=C\CCCCC. The third-order valence-corrected chi connectivity index (χ3v) is 9.62. The molecule has 0 aromatic heterocycles. The van der Waals surface area contributed by atoms with Gasteiger partial charge in [-0.05, 0) is 128 Å². The molecule has 352 valence electrons. The van der Waals surface area contributed by atoms with E-state index in [0.717, 1.165) is 109 Å². The highest BCUT2D eigenvalue weighted by Gasteiger charge is 2.19. The highest BCUT2D eigenvalue weighted by atomic mass is 16.6. The molecule has 0 fully saturated rings. The smallest absolute Gasteiger partial charge is 0.306 e. The van der Waals surface area contributed by atoms with Crippen molar-refractivity contribution in [1.29, 1.82) is 0 Å². The zero-order chi connectivity index (χ0) is 45.8. The Labute approximate surface area is 385 Å². The molecule has 6 heteroatoms. The summed E-state index contributed by atoms with van der Waals surface area (Å²) in [5.74, 6) is -1.07. The van der Waals surface area contributed by atoms with Crippen molar-refractivity contribution in [3.63, 3.8) is 0 Å². The molecule has 6 nitrogen and oxygen atoms in total. The van der Waals surface area contributed by atoms with Gasteiger partial charge in [-0.3, -0.25) is 14.4 Å². The van der Waals surface area contributed by atoms with Gasteiger partial charge in [-0.15, -0.1) is 0 Å². The number of unbranched alkanes of at least 4 members (excludes halogenated alkanes) is 9. The number of esters is 3. The minimum atomic E-state index is -0.837. The quantitative estimate of drug-likeness (QED) is 0.0263. The van der Waals surface area contributed by atoms with E-state index in [2.05, 4.69) is 154 Å². The molecule has 0 bridgehead atoms. The first-order valence-corrected chi connectivity index (χ1v) is 24.7. The highest BCUT2D eigenvalue weighted by molar-refractivity contribution is 5.71. The van der Waals surface area contributed by atoms with Crippen LogP contribution in [0.25, 0.3) is 0 Å². The third kappa shape index (κ3) is 48.4. The van der Waals surface area contributed by atoms with Crippen molar-refractivity contribution in [2.75, 3.05) is 13.2 Å². The average Bonchev–Trinajstić information content (AvgIpc) is 3.28. The van der Waals surface area contributed by atoms with Crippen LogP contribution in [-0.2, 0) is 28.6 Å². The number of hydrogen-bond acceptors (Lipinski definition) is 6. The highest BCUT2D eigenvalue weighted by Crippen LogP contribution is 2.10. The van der Waals surface area contributed by atoms with E-state index >= 15 is 0 Å². The van der Waals surface area contributed by atoms with Crippen LogP contribution in [-0.4, -0.2) is 37.2 Å². The summed E-state index contributed by atoms with van der Waals surface area (Å²) in [6, 6.07) is 0. The van der Waals surface area contributed by atoms with E-state index < -0.39 is 12.1 Å². The van der Waals surface area contributed by atoms with Crippen molar-refractivity contribution < 1.29 is 28.6 Å². The molecule has 0 rings (SSSR count). The van der Waals surface area contributed by atoms with Crippen molar-refractivity contribution in [3.8, 4) is 0 Å². The minimum absolute atomic E-state index is 0.133. The van der Waals surface area contributed by atoms with Crippen LogP contribution in [0.5, 0.6) is 0 Å². The van der Waals surface area contributed by atoms with Crippen LogP contribution in [0.3, 0.4) is 0 Å². The lowest BCUT2D eigenvalue weighted by Gasteiger charge is -2.18. The first-order chi connectivity index (χ1) is 31.0. The molecule has 0 aliphatic carbocycles. The normalized spacial score (nSPS) is 13.3. The molecular weight excluding hydrogens is 781 g/mol. The molecule has 0 N–H and O–H groups in total. The summed E-state index contributed by atoms with van der Waals surface area (Å²) < 4.78 is 16.6. The van der Waals surface area contributed by atoms with Gasteiger partial charge in [-0.2, -0.15) is 0 Å². The van der Waals surface area contributed by atoms with Crippen LogP contribution < -0.4 is 0 Å². The Morgan fingerprint density at radius 3 is 1.02 bits per heavy atom. The lowest BCUT2D eigenvalue weighted by molar-refractivity contribution is -0.167. The van der Waals surface area contributed by atoms with Gasteiger partial charge in [-0.25, -0.2) is 0 Å². The summed E-state index contributed by atoms with van der Waals surface area (Å²) in [7, 11) is 0. The monoisotopic (exact) mass is 869 g/mol. The summed E-state index contributed by atoms with van der Waals surface area (Å²) in [4.78, 5) is 37.8. The van der Waals surface area contributed by atoms with Crippen LogP contribution >= 0.6 is 0 Å². The summed E-state index contributed by atoms with van der Waals surface area (Å²) in [6.07, 6.45) is 70.2. The van der Waals surface area contributed by atoms with Gasteiger partial charge in [0.15, 0.2) is 6.10 Å². The number of carbonyl (C=O) groups is 3. The van der Waals surface area contributed by atoms with Gasteiger partial charge in [0.05, 0.1) is 0 Å². The van der Waals surface area contributed by atoms with Gasteiger partial charge in [0.1, 0.15) is 13.2 Å². The van der Waals surface area contributed by atoms with E-state index in [1.165, 1.54) is 25.7 Å². The summed E-state index contributed by atoms with van der Waals surface area (Å²) >= 11 is 0. The second-order valence-electron chi connectivity index (χ2n) is 15.6. The zero-order valence-corrected chi connectivity index (χ0v) is 40.0. The number of allylic oxidation sites excluding steroid dienone is 22. The van der Waals surface area contributed by atoms with E-state index in [1.54, 1.807) is 0 Å². The van der Waals surface area contributed by atoms with Crippen LogP contribution in [0, 0.1) is 0 Å². The molecule has 0 radical (unpaired) electrons. The van der Waals surface area contributed by atoms with Gasteiger partial charge >= 0.3 is 17.9 Å². The number of hydrogen-bond donors (Lipinski definition) is 0. The van der Waals surface area contributed by atoms with E-state index in [4.69, 9.17) is 14.2 Å². The van der Waals surface area contributed by atoms with Gasteiger partial charge in [0, 0.05) is 19.3 Å². The van der Waals surface area contributed by atoms with Crippen molar-refractivity contribution >= 4 is 17.9 Å². The maximum atomic E-state index is 12.7. The molecule has 0 aromatic rings. The fourth-order valence-corrected chi connectivity index (χ4v) is 5.97. The third-order valence-electron chi connectivity index (χ3n) is 9.62. The first kappa shape index (κ1) is 58.6. The Morgan fingerprint density at radius 2 is 0.635 bits per heavy atom. The molecule has 0 aromatic carbocycles. The van der Waals surface area contributed by atoms with Crippen LogP contribution in [0.2, 0.25) is 0 Å². The standard InChI is InChI=1S/C57H88O6/c1-4-7-10-13-16-19-21-23-25-27-28-30-31-33-35-38-41-44-47-50-56(59)62-53-54(52-61-55(58)49-46-43-40-37-18-15-12-9-6-3)63-57(60)51-48-45-42-39-36-34-32-29-26-24-22-20-17-14-11-8-5-2/h7,9-10,12,16-20,23-26,28,30,32-35,37,39,42,54H,4-6,8,11,13-15,21-22,27,29,31,36,38,40-41,43-53H2,1-3H3/b10-7-,12-9-,19-16-,20-17-,25-23-,26-24-,30-28-,34-32-,35-33-,37-18-,42-39-. The summed E-state index contributed by atoms with van der Waals surface area (Å²) in [6.45, 7) is 6.23. The Kier molecular flexibility index (Phi) is 46.7. The van der Waals surface area contributed by atoms with Crippen LogP contribution in [0.15, 0.2) is 134 Å². The molecule has 0 heterocycles. The summed E-state index contributed by atoms with van der Waals surface area (Å²) in [5, 5.41) is 0. The van der Waals surface area contributed by atoms with E-state index in [9.17, 15) is 14.4 Å². The number of rotatable bonds is 42. The van der Waals surface area contributed by atoms with Gasteiger partial charge in [0.25, 0.3) is 0 Å². The van der Waals surface area contributed by atoms with Gasteiger partial charge < -0.3 is 14.2 Å². The van der Waals surface area contributed by atoms with Gasteiger partial charge in [0.2, 0.25) is 0 Å². The Morgan fingerprint density at radius 1 is 0.333 bits per heavy atom. The van der Waals surface area contributed by atoms with Crippen molar-refractivity contribution in [3.05, 3.63) is 134 Å². The second kappa shape index (κ2) is 50.2. The topological polar surface area (TPSA) is 78.9 Å². The van der Waals surface area contributed by atoms with E-state index in [1.807, 2.05) is 0 Å².